The fourth-order valence-corrected chi connectivity index (χ4v) is 8.13. The van der Waals surface area contributed by atoms with E-state index in [-0.39, 0.29) is 0 Å². The van der Waals surface area contributed by atoms with Crippen molar-refractivity contribution in [2.24, 2.45) is 0 Å². The molecule has 11 aromatic rings. The molecule has 0 saturated heterocycles. The summed E-state index contributed by atoms with van der Waals surface area (Å²) < 4.78 is 6.48. The van der Waals surface area contributed by atoms with Gasteiger partial charge in [-0.1, -0.05) is 170 Å². The molecule has 57 heavy (non-hydrogen) atoms. The van der Waals surface area contributed by atoms with Crippen molar-refractivity contribution in [1.82, 2.24) is 15.0 Å². The highest BCUT2D eigenvalue weighted by molar-refractivity contribution is 6.18. The summed E-state index contributed by atoms with van der Waals surface area (Å²) >= 11 is 0. The first-order valence-electron chi connectivity index (χ1n) is 19.2. The fraction of sp³-hybridized carbons (Fsp3) is 0. The zero-order valence-electron chi connectivity index (χ0n) is 30.8. The maximum atomic E-state index is 6.48. The second-order valence-corrected chi connectivity index (χ2v) is 14.4. The van der Waals surface area contributed by atoms with Crippen molar-refractivity contribution in [1.29, 1.82) is 0 Å². The molecular formula is C53H33N3O. The fourth-order valence-electron chi connectivity index (χ4n) is 8.13. The van der Waals surface area contributed by atoms with Gasteiger partial charge >= 0.3 is 0 Å². The van der Waals surface area contributed by atoms with Gasteiger partial charge in [-0.2, -0.15) is 0 Å². The summed E-state index contributed by atoms with van der Waals surface area (Å²) in [7, 11) is 0. The van der Waals surface area contributed by atoms with Crippen molar-refractivity contribution < 1.29 is 4.42 Å². The maximum Gasteiger partial charge on any atom is 0.164 e. The Hall–Kier alpha value is -7.69. The molecule has 0 amide bonds. The molecule has 4 nitrogen and oxygen atoms in total. The highest BCUT2D eigenvalue weighted by Gasteiger charge is 2.19. The van der Waals surface area contributed by atoms with Gasteiger partial charge in [0.05, 0.1) is 0 Å². The Labute approximate surface area is 329 Å². The van der Waals surface area contributed by atoms with Crippen LogP contribution in [0.25, 0.3) is 111 Å². The highest BCUT2D eigenvalue weighted by Crippen LogP contribution is 2.42. The van der Waals surface area contributed by atoms with Crippen LogP contribution in [0.15, 0.2) is 205 Å². The Morgan fingerprint density at radius 1 is 0.281 bits per heavy atom. The van der Waals surface area contributed by atoms with E-state index < -0.39 is 0 Å². The zero-order valence-corrected chi connectivity index (χ0v) is 30.8. The van der Waals surface area contributed by atoms with Gasteiger partial charge in [0, 0.05) is 27.5 Å². The molecule has 0 unspecified atom stereocenters. The molecule has 11 rings (SSSR count). The molecule has 0 atom stereocenters. The van der Waals surface area contributed by atoms with E-state index in [4.69, 9.17) is 19.4 Å². The van der Waals surface area contributed by atoms with Gasteiger partial charge in [0.15, 0.2) is 17.5 Å². The SMILES string of the molecule is c1ccc(-c2ccc(-c3nc(-c4cccc(-c5ccccc5)c4)nc(-c4ccc(-c5cccc6oc7cc8ccccc8cc7c56)c5ccccc45)n3)cc2)cc1. The number of benzene rings is 9. The maximum absolute atomic E-state index is 6.48. The Kier molecular flexibility index (Phi) is 7.78. The van der Waals surface area contributed by atoms with Gasteiger partial charge < -0.3 is 4.42 Å². The van der Waals surface area contributed by atoms with Crippen LogP contribution in [0, 0.1) is 0 Å². The number of furan rings is 1. The van der Waals surface area contributed by atoms with Gasteiger partial charge in [-0.25, -0.2) is 15.0 Å². The van der Waals surface area contributed by atoms with Gasteiger partial charge in [-0.05, 0) is 85.3 Å². The average Bonchev–Trinajstić information content (AvgIpc) is 3.66. The first-order valence-corrected chi connectivity index (χ1v) is 19.2. The molecule has 0 aliphatic heterocycles. The molecular weight excluding hydrogens is 695 g/mol. The smallest absolute Gasteiger partial charge is 0.164 e. The summed E-state index contributed by atoms with van der Waals surface area (Å²) in [5.41, 5.74) is 11.3. The zero-order chi connectivity index (χ0) is 37.7. The molecule has 4 heteroatoms. The number of hydrogen-bond acceptors (Lipinski definition) is 4. The van der Waals surface area contributed by atoms with E-state index in [1.807, 2.05) is 12.1 Å². The van der Waals surface area contributed by atoms with E-state index in [1.165, 1.54) is 5.39 Å². The topological polar surface area (TPSA) is 51.8 Å². The van der Waals surface area contributed by atoms with Gasteiger partial charge in [0.1, 0.15) is 11.2 Å². The third-order valence-electron chi connectivity index (χ3n) is 10.9. The largest absolute Gasteiger partial charge is 0.456 e. The van der Waals surface area contributed by atoms with Crippen molar-refractivity contribution in [3.63, 3.8) is 0 Å². The van der Waals surface area contributed by atoms with Crippen LogP contribution < -0.4 is 0 Å². The Morgan fingerprint density at radius 3 is 1.56 bits per heavy atom. The minimum absolute atomic E-state index is 0.619. The van der Waals surface area contributed by atoms with E-state index in [0.29, 0.717) is 17.5 Å². The second kappa shape index (κ2) is 13.6. The summed E-state index contributed by atoms with van der Waals surface area (Å²) in [6, 6.07) is 69.9. The van der Waals surface area contributed by atoms with Crippen LogP contribution in [-0.4, -0.2) is 15.0 Å². The molecule has 0 aliphatic carbocycles. The lowest BCUT2D eigenvalue weighted by Crippen LogP contribution is -2.01. The summed E-state index contributed by atoms with van der Waals surface area (Å²) in [5.74, 6) is 1.86. The lowest BCUT2D eigenvalue weighted by molar-refractivity contribution is 0.669. The predicted molar refractivity (Wildman–Crippen MR) is 235 cm³/mol. The molecule has 0 spiro atoms. The van der Waals surface area contributed by atoms with Crippen molar-refractivity contribution in [2.45, 2.75) is 0 Å². The van der Waals surface area contributed by atoms with Crippen molar-refractivity contribution >= 4 is 43.5 Å². The van der Waals surface area contributed by atoms with Gasteiger partial charge in [0.2, 0.25) is 0 Å². The number of aromatic nitrogens is 3. The molecule has 266 valence electrons. The summed E-state index contributed by atoms with van der Waals surface area (Å²) in [6.07, 6.45) is 0. The normalized spacial score (nSPS) is 11.5. The first kappa shape index (κ1) is 32.7. The number of fused-ring (bicyclic) bond motifs is 5. The van der Waals surface area contributed by atoms with Crippen LogP contribution >= 0.6 is 0 Å². The number of hydrogen-bond donors (Lipinski definition) is 0. The predicted octanol–water partition coefficient (Wildman–Crippen LogP) is 14.1. The number of rotatable bonds is 6. The van der Waals surface area contributed by atoms with Crippen LogP contribution in [0.4, 0.5) is 0 Å². The van der Waals surface area contributed by atoms with E-state index in [2.05, 4.69) is 188 Å². The second-order valence-electron chi connectivity index (χ2n) is 14.4. The molecule has 0 fully saturated rings. The molecule has 0 N–H and O–H groups in total. The van der Waals surface area contributed by atoms with Crippen LogP contribution in [0.1, 0.15) is 0 Å². The van der Waals surface area contributed by atoms with Crippen molar-refractivity contribution in [3.05, 3.63) is 200 Å². The van der Waals surface area contributed by atoms with E-state index in [9.17, 15) is 0 Å². The van der Waals surface area contributed by atoms with Gasteiger partial charge in [-0.15, -0.1) is 0 Å². The molecule has 2 heterocycles. The first-order chi connectivity index (χ1) is 28.2. The van der Waals surface area contributed by atoms with E-state index in [1.54, 1.807) is 0 Å². The Morgan fingerprint density at radius 2 is 0.807 bits per heavy atom. The van der Waals surface area contributed by atoms with Gasteiger partial charge in [0.25, 0.3) is 0 Å². The minimum Gasteiger partial charge on any atom is -0.456 e. The lowest BCUT2D eigenvalue weighted by Gasteiger charge is -2.14. The molecule has 0 radical (unpaired) electrons. The molecule has 0 aliphatic rings. The quantitative estimate of drug-likeness (QED) is 0.171. The third-order valence-corrected chi connectivity index (χ3v) is 10.9. The Bertz CT molecular complexity index is 3280. The van der Waals surface area contributed by atoms with Crippen LogP contribution in [0.2, 0.25) is 0 Å². The standard InChI is InChI=1S/C53H33N3O/c1-3-13-34(14-4-1)36-25-27-37(28-26-36)51-54-52(41-20-11-19-38(31-41)35-15-5-2-6-16-35)56-53(55-51)46-30-29-44(42-21-9-10-22-43(42)46)45-23-12-24-48-50(45)47-32-39-17-7-8-18-40(39)33-49(47)57-48/h1-33H. The molecule has 9 aromatic carbocycles. The van der Waals surface area contributed by atoms with Crippen LogP contribution in [0.5, 0.6) is 0 Å². The van der Waals surface area contributed by atoms with Crippen molar-refractivity contribution in [2.75, 3.05) is 0 Å². The van der Waals surface area contributed by atoms with Crippen LogP contribution in [0.3, 0.4) is 0 Å². The van der Waals surface area contributed by atoms with E-state index in [0.717, 1.165) is 88.2 Å². The summed E-state index contributed by atoms with van der Waals surface area (Å²) in [4.78, 5) is 15.6. The Balaban J connectivity index is 1.09. The molecule has 0 bridgehead atoms. The monoisotopic (exact) mass is 727 g/mol. The number of nitrogens with zero attached hydrogens (tertiary/aromatic N) is 3. The third kappa shape index (κ3) is 5.83. The summed E-state index contributed by atoms with van der Waals surface area (Å²) in [5, 5.41) is 6.74. The lowest BCUT2D eigenvalue weighted by atomic mass is 9.92. The molecule has 2 aromatic heterocycles. The van der Waals surface area contributed by atoms with E-state index >= 15 is 0 Å². The average molecular weight is 728 g/mol. The van der Waals surface area contributed by atoms with Gasteiger partial charge in [-0.3, -0.25) is 0 Å². The minimum atomic E-state index is 0.619. The van der Waals surface area contributed by atoms with Crippen molar-refractivity contribution in [3.8, 4) is 67.5 Å². The van der Waals surface area contributed by atoms with Crippen LogP contribution in [-0.2, 0) is 0 Å². The highest BCUT2D eigenvalue weighted by atomic mass is 16.3. The molecule has 0 saturated carbocycles. The summed E-state index contributed by atoms with van der Waals surface area (Å²) in [6.45, 7) is 0.